The van der Waals surface area contributed by atoms with E-state index < -0.39 is 16.1 Å². The predicted molar refractivity (Wildman–Crippen MR) is 81.2 cm³/mol. The molecule has 1 aliphatic heterocycles. The van der Waals surface area contributed by atoms with E-state index in [-0.39, 0.29) is 16.8 Å². The zero-order chi connectivity index (χ0) is 16.5. The van der Waals surface area contributed by atoms with Gasteiger partial charge in [-0.15, -0.1) is 0 Å². The molecule has 2 heterocycles. The lowest BCUT2D eigenvalue weighted by Crippen LogP contribution is -2.33. The van der Waals surface area contributed by atoms with E-state index >= 15 is 0 Å². The summed E-state index contributed by atoms with van der Waals surface area (Å²) in [7, 11) is -0.581. The average Bonchev–Trinajstić information content (AvgIpc) is 3.06. The van der Waals surface area contributed by atoms with Gasteiger partial charge < -0.3 is 4.74 Å². The van der Waals surface area contributed by atoms with Gasteiger partial charge >= 0.3 is 6.09 Å². The Kier molecular flexibility index (Phi) is 4.76. The second-order valence-electron chi connectivity index (χ2n) is 5.59. The van der Waals surface area contributed by atoms with Crippen molar-refractivity contribution in [2.45, 2.75) is 37.7 Å². The summed E-state index contributed by atoms with van der Waals surface area (Å²) < 4.78 is 33.3. The Balaban J connectivity index is 2.36. The smallest absolute Gasteiger partial charge is 0.415 e. The van der Waals surface area contributed by atoms with E-state index in [1.807, 2.05) is 0 Å². The number of anilines is 1. The van der Waals surface area contributed by atoms with E-state index in [0.29, 0.717) is 13.1 Å². The van der Waals surface area contributed by atoms with Gasteiger partial charge in [-0.25, -0.2) is 13.2 Å². The molecule has 1 aliphatic rings. The maximum atomic E-state index is 12.7. The van der Waals surface area contributed by atoms with Gasteiger partial charge in [-0.3, -0.25) is 9.58 Å². The molecule has 0 aromatic carbocycles. The first-order valence-corrected chi connectivity index (χ1v) is 8.65. The Labute approximate surface area is 130 Å². The lowest BCUT2D eigenvalue weighted by atomic mass is 10.4. The summed E-state index contributed by atoms with van der Waals surface area (Å²) >= 11 is 0. The van der Waals surface area contributed by atoms with Gasteiger partial charge in [0.1, 0.15) is 4.90 Å². The third-order valence-electron chi connectivity index (χ3n) is 3.39. The average molecular weight is 330 g/mol. The molecular weight excluding hydrogens is 308 g/mol. The Bertz CT molecular complexity index is 647. The van der Waals surface area contributed by atoms with E-state index in [2.05, 4.69) is 5.10 Å². The highest BCUT2D eigenvalue weighted by Gasteiger charge is 2.34. The number of ether oxygens (including phenoxy) is 1. The van der Waals surface area contributed by atoms with Crippen LogP contribution in [0, 0.1) is 0 Å². The molecule has 0 unspecified atom stereocenters. The second-order valence-corrected chi connectivity index (χ2v) is 7.50. The van der Waals surface area contributed by atoms with Crippen LogP contribution in [0.3, 0.4) is 0 Å². The van der Waals surface area contributed by atoms with Gasteiger partial charge in [0.2, 0.25) is 10.0 Å². The lowest BCUT2D eigenvalue weighted by molar-refractivity contribution is 0.123. The minimum atomic E-state index is -3.65. The number of nitrogens with zero attached hydrogens (tertiary/aromatic N) is 4. The molecule has 0 N–H and O–H groups in total. The van der Waals surface area contributed by atoms with E-state index in [1.54, 1.807) is 20.9 Å². The first-order valence-electron chi connectivity index (χ1n) is 7.21. The standard InChI is InChI=1S/C13H22N4O4S/c1-10(2)21-13(18)16(4)12-11(9-15(3)14-12)22(19,20)17-7-5-6-8-17/h9-10H,5-8H2,1-4H3. The number of carbonyl (C=O) groups is 1. The molecule has 0 spiro atoms. The van der Waals surface area contributed by atoms with Gasteiger partial charge in [0.05, 0.1) is 6.10 Å². The highest BCUT2D eigenvalue weighted by Crippen LogP contribution is 2.28. The molecule has 2 rings (SSSR count). The SMILES string of the molecule is CC(C)OC(=O)N(C)c1nn(C)cc1S(=O)(=O)N1CCCC1. The van der Waals surface area contributed by atoms with Crippen LogP contribution >= 0.6 is 0 Å². The molecule has 0 atom stereocenters. The van der Waals surface area contributed by atoms with Gasteiger partial charge in [0, 0.05) is 33.4 Å². The van der Waals surface area contributed by atoms with Crippen molar-refractivity contribution < 1.29 is 17.9 Å². The highest BCUT2D eigenvalue weighted by molar-refractivity contribution is 7.89. The maximum absolute atomic E-state index is 12.7. The van der Waals surface area contributed by atoms with Crippen LogP contribution in [0.25, 0.3) is 0 Å². The minimum absolute atomic E-state index is 0.0279. The van der Waals surface area contributed by atoms with E-state index in [4.69, 9.17) is 4.74 Å². The molecule has 0 aliphatic carbocycles. The van der Waals surface area contributed by atoms with Gasteiger partial charge in [0.15, 0.2) is 5.82 Å². The number of aryl methyl sites for hydroxylation is 1. The van der Waals surface area contributed by atoms with Crippen molar-refractivity contribution in [3.63, 3.8) is 0 Å². The summed E-state index contributed by atoms with van der Waals surface area (Å²) in [6.45, 7) is 4.45. The molecule has 1 fully saturated rings. The van der Waals surface area contributed by atoms with E-state index in [0.717, 1.165) is 17.7 Å². The van der Waals surface area contributed by atoms with E-state index in [9.17, 15) is 13.2 Å². The van der Waals surface area contributed by atoms with Crippen molar-refractivity contribution in [3.8, 4) is 0 Å². The van der Waals surface area contributed by atoms with Crippen molar-refractivity contribution >= 4 is 21.9 Å². The first-order chi connectivity index (χ1) is 10.2. The Morgan fingerprint density at radius 2 is 1.95 bits per heavy atom. The summed E-state index contributed by atoms with van der Waals surface area (Å²) in [4.78, 5) is 13.2. The van der Waals surface area contributed by atoms with Crippen LogP contribution in [0.4, 0.5) is 10.6 Å². The molecule has 22 heavy (non-hydrogen) atoms. The minimum Gasteiger partial charge on any atom is -0.446 e. The lowest BCUT2D eigenvalue weighted by Gasteiger charge is -2.20. The molecule has 1 amide bonds. The van der Waals surface area contributed by atoms with Crippen molar-refractivity contribution in [1.82, 2.24) is 14.1 Å². The predicted octanol–water partition coefficient (Wildman–Crippen LogP) is 1.19. The Hall–Kier alpha value is -1.61. The zero-order valence-electron chi connectivity index (χ0n) is 13.3. The first kappa shape index (κ1) is 16.8. The highest BCUT2D eigenvalue weighted by atomic mass is 32.2. The monoisotopic (exact) mass is 330 g/mol. The number of rotatable bonds is 4. The molecule has 1 saturated heterocycles. The van der Waals surface area contributed by atoms with Crippen molar-refractivity contribution in [1.29, 1.82) is 0 Å². The third kappa shape index (κ3) is 3.25. The van der Waals surface area contributed by atoms with Crippen LogP contribution in [0.5, 0.6) is 0 Å². The quantitative estimate of drug-likeness (QED) is 0.828. The number of amides is 1. The van der Waals surface area contributed by atoms with Crippen molar-refractivity contribution in [2.24, 2.45) is 7.05 Å². The normalized spacial score (nSPS) is 16.2. The summed E-state index contributed by atoms with van der Waals surface area (Å²) in [6.07, 6.45) is 2.19. The molecule has 8 nitrogen and oxygen atoms in total. The molecule has 9 heteroatoms. The number of carbonyl (C=O) groups excluding carboxylic acids is 1. The fourth-order valence-corrected chi connectivity index (χ4v) is 4.02. The van der Waals surface area contributed by atoms with Crippen LogP contribution < -0.4 is 4.90 Å². The summed E-state index contributed by atoms with van der Waals surface area (Å²) in [5.41, 5.74) is 0. The Morgan fingerprint density at radius 3 is 2.50 bits per heavy atom. The molecule has 0 bridgehead atoms. The molecule has 0 radical (unpaired) electrons. The Morgan fingerprint density at radius 1 is 1.36 bits per heavy atom. The van der Waals surface area contributed by atoms with Crippen molar-refractivity contribution in [2.75, 3.05) is 25.0 Å². The maximum Gasteiger partial charge on any atom is 0.415 e. The summed E-state index contributed by atoms with van der Waals surface area (Å²) in [5.74, 6) is 0.0834. The largest absolute Gasteiger partial charge is 0.446 e. The molecular formula is C13H22N4O4S. The van der Waals surface area contributed by atoms with Gasteiger partial charge in [-0.2, -0.15) is 9.40 Å². The van der Waals surface area contributed by atoms with Crippen LogP contribution in [0.15, 0.2) is 11.1 Å². The van der Waals surface area contributed by atoms with Gasteiger partial charge in [0.25, 0.3) is 0 Å². The van der Waals surface area contributed by atoms with Gasteiger partial charge in [-0.05, 0) is 26.7 Å². The van der Waals surface area contributed by atoms with Crippen LogP contribution in [-0.2, 0) is 21.8 Å². The molecule has 124 valence electrons. The topological polar surface area (TPSA) is 84.7 Å². The number of aromatic nitrogens is 2. The molecule has 1 aromatic heterocycles. The summed E-state index contributed by atoms with van der Waals surface area (Å²) in [5, 5.41) is 4.11. The van der Waals surface area contributed by atoms with Crippen LogP contribution in [0.2, 0.25) is 0 Å². The molecule has 1 aromatic rings. The van der Waals surface area contributed by atoms with Crippen molar-refractivity contribution in [3.05, 3.63) is 6.20 Å². The zero-order valence-corrected chi connectivity index (χ0v) is 14.1. The van der Waals surface area contributed by atoms with Crippen LogP contribution in [0.1, 0.15) is 26.7 Å². The van der Waals surface area contributed by atoms with Crippen LogP contribution in [-0.4, -0.2) is 54.8 Å². The number of sulfonamides is 1. The second kappa shape index (κ2) is 6.25. The summed E-state index contributed by atoms with van der Waals surface area (Å²) in [6, 6.07) is 0. The molecule has 0 saturated carbocycles. The fraction of sp³-hybridized carbons (Fsp3) is 0.692. The third-order valence-corrected chi connectivity index (χ3v) is 5.28. The number of hydrogen-bond donors (Lipinski definition) is 0. The fourth-order valence-electron chi connectivity index (χ4n) is 2.30. The van der Waals surface area contributed by atoms with Gasteiger partial charge in [-0.1, -0.05) is 0 Å². The number of hydrogen-bond acceptors (Lipinski definition) is 5. The van der Waals surface area contributed by atoms with E-state index in [1.165, 1.54) is 22.2 Å².